The summed E-state index contributed by atoms with van der Waals surface area (Å²) in [7, 11) is 1.73. The van der Waals surface area contributed by atoms with Gasteiger partial charge in [0.2, 0.25) is 5.84 Å². The normalized spacial score (nSPS) is 15.6. The predicted molar refractivity (Wildman–Crippen MR) is 134 cm³/mol. The summed E-state index contributed by atoms with van der Waals surface area (Å²) in [5.41, 5.74) is 6.02. The molecule has 0 bridgehead atoms. The van der Waals surface area contributed by atoms with Crippen LogP contribution in [0.4, 0.5) is 5.69 Å². The standard InChI is InChI=1S/C25H24Cl2N4O3/c1-3-33-25(32)24-29-31(21-12-10-20(27)11-13-21)23(28-30(24)2)18-6-14-22(15-7-18)34-16-17-4-8-19(26)9-5-17/h4-15,23,28H,3,16H2,1-2H3/t23-/m1/s1. The van der Waals surface area contributed by atoms with E-state index in [1.54, 1.807) is 36.1 Å². The van der Waals surface area contributed by atoms with E-state index in [4.69, 9.17) is 32.7 Å². The van der Waals surface area contributed by atoms with Crippen molar-refractivity contribution in [2.24, 2.45) is 5.10 Å². The number of nitrogens with one attached hydrogen (secondary N) is 1. The SMILES string of the molecule is CCOC(=O)C1=NN(c2ccc(Cl)cc2)[C@H](c2ccc(OCc3ccc(Cl)cc3)cc2)NN1C. The fourth-order valence-electron chi connectivity index (χ4n) is 3.41. The smallest absolute Gasteiger partial charge is 0.377 e. The number of rotatable bonds is 7. The van der Waals surface area contributed by atoms with Crippen molar-refractivity contribution in [1.29, 1.82) is 0 Å². The quantitative estimate of drug-likeness (QED) is 0.439. The van der Waals surface area contributed by atoms with Gasteiger partial charge in [0.05, 0.1) is 12.3 Å². The third kappa shape index (κ3) is 5.62. The van der Waals surface area contributed by atoms with E-state index in [9.17, 15) is 4.79 Å². The maximum atomic E-state index is 12.4. The minimum absolute atomic E-state index is 0.149. The molecule has 0 amide bonds. The summed E-state index contributed by atoms with van der Waals surface area (Å²) in [6, 6.07) is 22.5. The Morgan fingerprint density at radius 1 is 0.971 bits per heavy atom. The lowest BCUT2D eigenvalue weighted by Crippen LogP contribution is -2.55. The number of halogens is 2. The van der Waals surface area contributed by atoms with Gasteiger partial charge in [-0.2, -0.15) is 0 Å². The molecule has 0 aliphatic carbocycles. The van der Waals surface area contributed by atoms with Crippen molar-refractivity contribution in [3.63, 3.8) is 0 Å². The van der Waals surface area contributed by atoms with E-state index in [1.807, 2.05) is 60.7 Å². The Morgan fingerprint density at radius 3 is 2.21 bits per heavy atom. The van der Waals surface area contributed by atoms with E-state index in [2.05, 4.69) is 10.5 Å². The molecule has 0 saturated carbocycles. The summed E-state index contributed by atoms with van der Waals surface area (Å²) in [5.74, 6) is 0.369. The number of carbonyl (C=O) groups is 1. The Morgan fingerprint density at radius 2 is 1.59 bits per heavy atom. The first-order chi connectivity index (χ1) is 16.4. The Kier molecular flexibility index (Phi) is 7.57. The van der Waals surface area contributed by atoms with Gasteiger partial charge in [0.25, 0.3) is 0 Å². The lowest BCUT2D eigenvalue weighted by Gasteiger charge is -2.39. The van der Waals surface area contributed by atoms with Crippen LogP contribution in [0.1, 0.15) is 24.2 Å². The number of anilines is 1. The number of esters is 1. The predicted octanol–water partition coefficient (Wildman–Crippen LogP) is 5.40. The summed E-state index contributed by atoms with van der Waals surface area (Å²) in [4.78, 5) is 12.4. The highest BCUT2D eigenvalue weighted by atomic mass is 35.5. The van der Waals surface area contributed by atoms with Crippen molar-refractivity contribution in [2.45, 2.75) is 19.7 Å². The highest BCUT2D eigenvalue weighted by Crippen LogP contribution is 2.31. The molecule has 1 atom stereocenters. The highest BCUT2D eigenvalue weighted by molar-refractivity contribution is 6.35. The molecule has 0 spiro atoms. The van der Waals surface area contributed by atoms with Crippen molar-refractivity contribution < 1.29 is 14.3 Å². The van der Waals surface area contributed by atoms with Gasteiger partial charge >= 0.3 is 5.97 Å². The first-order valence-corrected chi connectivity index (χ1v) is 11.5. The molecule has 3 aromatic carbocycles. The van der Waals surface area contributed by atoms with Crippen LogP contribution in [0.2, 0.25) is 10.0 Å². The van der Waals surface area contributed by atoms with Gasteiger partial charge in [-0.05, 0) is 66.6 Å². The van der Waals surface area contributed by atoms with Gasteiger partial charge in [-0.25, -0.2) is 15.2 Å². The van der Waals surface area contributed by atoms with Gasteiger partial charge in [-0.3, -0.25) is 5.01 Å². The van der Waals surface area contributed by atoms with Gasteiger partial charge in [-0.15, -0.1) is 5.10 Å². The number of ether oxygens (including phenoxy) is 2. The van der Waals surface area contributed by atoms with E-state index < -0.39 is 5.97 Å². The maximum Gasteiger partial charge on any atom is 0.377 e. The Labute approximate surface area is 208 Å². The van der Waals surface area contributed by atoms with E-state index >= 15 is 0 Å². The fourth-order valence-corrected chi connectivity index (χ4v) is 3.66. The topological polar surface area (TPSA) is 66.4 Å². The van der Waals surface area contributed by atoms with Gasteiger partial charge < -0.3 is 9.47 Å². The van der Waals surface area contributed by atoms with Crippen LogP contribution in [0.15, 0.2) is 77.9 Å². The molecule has 0 fully saturated rings. The Bertz CT molecular complexity index is 1150. The minimum Gasteiger partial charge on any atom is -0.489 e. The second-order valence-corrected chi connectivity index (χ2v) is 8.41. The van der Waals surface area contributed by atoms with Crippen LogP contribution in [0.25, 0.3) is 0 Å². The van der Waals surface area contributed by atoms with Gasteiger partial charge in [0, 0.05) is 17.1 Å². The van der Waals surface area contributed by atoms with Crippen LogP contribution in [0, 0.1) is 0 Å². The summed E-state index contributed by atoms with van der Waals surface area (Å²) in [5, 5.41) is 9.20. The van der Waals surface area contributed by atoms with Crippen molar-refractivity contribution in [3.05, 3.63) is 94.0 Å². The van der Waals surface area contributed by atoms with E-state index in [0.717, 1.165) is 22.6 Å². The van der Waals surface area contributed by atoms with Crippen LogP contribution < -0.4 is 15.2 Å². The molecule has 7 nitrogen and oxygen atoms in total. The van der Waals surface area contributed by atoms with Crippen LogP contribution in [0.5, 0.6) is 5.75 Å². The van der Waals surface area contributed by atoms with Crippen LogP contribution in [-0.2, 0) is 16.1 Å². The molecule has 1 aliphatic heterocycles. The molecule has 0 saturated heterocycles. The first kappa shape index (κ1) is 23.9. The largest absolute Gasteiger partial charge is 0.489 e. The molecule has 0 unspecified atom stereocenters. The molecule has 4 rings (SSSR count). The second-order valence-electron chi connectivity index (χ2n) is 7.54. The molecular formula is C25H24Cl2N4O3. The highest BCUT2D eigenvalue weighted by Gasteiger charge is 2.32. The zero-order chi connectivity index (χ0) is 24.1. The monoisotopic (exact) mass is 498 g/mol. The van der Waals surface area contributed by atoms with E-state index in [-0.39, 0.29) is 18.6 Å². The molecule has 3 aromatic rings. The third-order valence-electron chi connectivity index (χ3n) is 5.14. The fraction of sp³-hybridized carbons (Fsp3) is 0.200. The molecule has 34 heavy (non-hydrogen) atoms. The average molecular weight is 499 g/mol. The van der Waals surface area contributed by atoms with Crippen LogP contribution in [-0.4, -0.2) is 30.5 Å². The van der Waals surface area contributed by atoms with Crippen molar-refractivity contribution in [2.75, 3.05) is 18.7 Å². The lowest BCUT2D eigenvalue weighted by molar-refractivity contribution is -0.136. The van der Waals surface area contributed by atoms with Crippen LogP contribution >= 0.6 is 23.2 Å². The van der Waals surface area contributed by atoms with Gasteiger partial charge in [0.1, 0.15) is 18.5 Å². The van der Waals surface area contributed by atoms with Crippen molar-refractivity contribution in [1.82, 2.24) is 10.4 Å². The number of benzene rings is 3. The molecule has 176 valence electrons. The molecule has 0 radical (unpaired) electrons. The van der Waals surface area contributed by atoms with Crippen LogP contribution in [0.3, 0.4) is 0 Å². The number of nitrogens with zero attached hydrogens (tertiary/aromatic N) is 3. The molecule has 0 aromatic heterocycles. The number of hydrazine groups is 1. The van der Waals surface area contributed by atoms with E-state index in [0.29, 0.717) is 16.7 Å². The molecule has 9 heteroatoms. The lowest BCUT2D eigenvalue weighted by atomic mass is 10.1. The zero-order valence-corrected chi connectivity index (χ0v) is 20.3. The van der Waals surface area contributed by atoms with Gasteiger partial charge in [-0.1, -0.05) is 47.5 Å². The maximum absolute atomic E-state index is 12.4. The van der Waals surface area contributed by atoms with Crippen molar-refractivity contribution in [3.8, 4) is 5.75 Å². The number of likely N-dealkylation sites (N-methyl/N-ethyl adjacent to an activating group) is 1. The molecule has 1 heterocycles. The third-order valence-corrected chi connectivity index (χ3v) is 5.65. The summed E-state index contributed by atoms with van der Waals surface area (Å²) >= 11 is 12.0. The number of amidine groups is 1. The second kappa shape index (κ2) is 10.8. The number of hydrogen-bond donors (Lipinski definition) is 1. The minimum atomic E-state index is -0.513. The average Bonchev–Trinajstić information content (AvgIpc) is 2.84. The summed E-state index contributed by atoms with van der Waals surface area (Å²) < 4.78 is 11.1. The van der Waals surface area contributed by atoms with Crippen molar-refractivity contribution >= 4 is 40.7 Å². The van der Waals surface area contributed by atoms with E-state index in [1.165, 1.54) is 0 Å². The first-order valence-electron chi connectivity index (χ1n) is 10.7. The Balaban J connectivity index is 1.57. The number of hydrogen-bond acceptors (Lipinski definition) is 7. The van der Waals surface area contributed by atoms with Gasteiger partial charge in [0.15, 0.2) is 0 Å². The molecule has 1 N–H and O–H groups in total. The number of hydrazone groups is 1. The Hall–Kier alpha value is -3.26. The number of carbonyl (C=O) groups excluding carboxylic acids is 1. The summed E-state index contributed by atoms with van der Waals surface area (Å²) in [6.07, 6.45) is -0.380. The summed E-state index contributed by atoms with van der Waals surface area (Å²) in [6.45, 7) is 2.45. The zero-order valence-electron chi connectivity index (χ0n) is 18.7. The molecule has 1 aliphatic rings. The molecular weight excluding hydrogens is 475 g/mol.